The number of anilines is 1. The Balaban J connectivity index is 1.26. The predicted molar refractivity (Wildman–Crippen MR) is 133 cm³/mol. The number of nitrogens with one attached hydrogen (secondary N) is 2. The quantitative estimate of drug-likeness (QED) is 0.636. The minimum Gasteiger partial charge on any atom is -0.353 e. The number of carbonyl (C=O) groups excluding carboxylic acids is 2. The van der Waals surface area contributed by atoms with Crippen LogP contribution in [0.15, 0.2) is 23.1 Å². The zero-order valence-corrected chi connectivity index (χ0v) is 21.5. The Bertz CT molecular complexity index is 1010. The number of hydrogen-bond acceptors (Lipinski definition) is 4. The van der Waals surface area contributed by atoms with Gasteiger partial charge in [-0.05, 0) is 100 Å². The molecule has 3 aliphatic rings. The molecule has 2 saturated carbocycles. The van der Waals surface area contributed by atoms with Gasteiger partial charge in [-0.3, -0.25) is 9.59 Å². The van der Waals surface area contributed by atoms with Gasteiger partial charge in [-0.25, -0.2) is 13.1 Å². The fraction of sp³-hybridized carbons (Fsp3) is 0.692. The fourth-order valence-corrected chi connectivity index (χ4v) is 7.08. The van der Waals surface area contributed by atoms with Crippen molar-refractivity contribution in [2.75, 3.05) is 11.4 Å². The first-order valence-corrected chi connectivity index (χ1v) is 14.3. The molecule has 2 aliphatic carbocycles. The average Bonchev–Trinajstić information content (AvgIpc) is 3.14. The summed E-state index contributed by atoms with van der Waals surface area (Å²) in [5.74, 6) is 1.22. The SMILES string of the molecule is CC(=O)N1c2ccc(S(=O)(=O)NCC3CCC(C(=O)NC4CCC(C)CC4)CC3)cc2C[C@H]1C. The molecule has 2 N–H and O–H groups in total. The first-order valence-electron chi connectivity index (χ1n) is 12.9. The third kappa shape index (κ3) is 5.65. The monoisotopic (exact) mass is 489 g/mol. The molecule has 0 spiro atoms. The zero-order chi connectivity index (χ0) is 24.5. The van der Waals surface area contributed by atoms with Crippen LogP contribution in [0.5, 0.6) is 0 Å². The summed E-state index contributed by atoms with van der Waals surface area (Å²) in [5.41, 5.74) is 1.70. The van der Waals surface area contributed by atoms with E-state index >= 15 is 0 Å². The van der Waals surface area contributed by atoms with E-state index in [0.29, 0.717) is 19.0 Å². The second kappa shape index (κ2) is 10.4. The molecule has 34 heavy (non-hydrogen) atoms. The molecule has 188 valence electrons. The largest absolute Gasteiger partial charge is 0.353 e. The predicted octanol–water partition coefficient (Wildman–Crippen LogP) is 3.76. The summed E-state index contributed by atoms with van der Waals surface area (Å²) in [4.78, 5) is 26.6. The minimum absolute atomic E-state index is 0.0300. The smallest absolute Gasteiger partial charge is 0.240 e. The number of nitrogens with zero attached hydrogens (tertiary/aromatic N) is 1. The van der Waals surface area contributed by atoms with Gasteiger partial charge in [0.1, 0.15) is 0 Å². The number of fused-ring (bicyclic) bond motifs is 1. The lowest BCUT2D eigenvalue weighted by Gasteiger charge is -2.31. The first kappa shape index (κ1) is 25.2. The third-order valence-corrected chi connectivity index (χ3v) is 9.48. The van der Waals surface area contributed by atoms with Crippen LogP contribution in [0.25, 0.3) is 0 Å². The normalized spacial score (nSPS) is 29.5. The van der Waals surface area contributed by atoms with Gasteiger partial charge in [0.15, 0.2) is 0 Å². The van der Waals surface area contributed by atoms with Gasteiger partial charge >= 0.3 is 0 Å². The van der Waals surface area contributed by atoms with Gasteiger partial charge in [0.25, 0.3) is 0 Å². The van der Waals surface area contributed by atoms with Crippen molar-refractivity contribution in [3.05, 3.63) is 23.8 Å². The van der Waals surface area contributed by atoms with E-state index in [9.17, 15) is 18.0 Å². The van der Waals surface area contributed by atoms with Crippen molar-refractivity contribution in [1.82, 2.24) is 10.0 Å². The number of benzene rings is 1. The second-order valence-corrected chi connectivity index (χ2v) is 12.5. The van der Waals surface area contributed by atoms with Crippen molar-refractivity contribution >= 4 is 27.5 Å². The highest BCUT2D eigenvalue weighted by Gasteiger charge is 2.32. The van der Waals surface area contributed by atoms with Crippen LogP contribution < -0.4 is 14.9 Å². The molecule has 0 saturated heterocycles. The molecular formula is C26H39N3O4S. The molecule has 0 unspecified atom stereocenters. The van der Waals surface area contributed by atoms with Crippen LogP contribution >= 0.6 is 0 Å². The molecule has 0 aromatic heterocycles. The molecule has 0 radical (unpaired) electrons. The first-order chi connectivity index (χ1) is 16.1. The lowest BCUT2D eigenvalue weighted by molar-refractivity contribution is -0.127. The lowest BCUT2D eigenvalue weighted by atomic mass is 9.81. The number of sulfonamides is 1. The van der Waals surface area contributed by atoms with Crippen LogP contribution in [0.1, 0.15) is 77.7 Å². The van der Waals surface area contributed by atoms with Crippen LogP contribution in [0, 0.1) is 17.8 Å². The summed E-state index contributed by atoms with van der Waals surface area (Å²) in [6.07, 6.45) is 8.56. The van der Waals surface area contributed by atoms with E-state index in [2.05, 4.69) is 17.0 Å². The van der Waals surface area contributed by atoms with Crippen LogP contribution in [0.2, 0.25) is 0 Å². The van der Waals surface area contributed by atoms with Crippen LogP contribution in [-0.4, -0.2) is 38.9 Å². The Morgan fingerprint density at radius 3 is 2.32 bits per heavy atom. The van der Waals surface area contributed by atoms with E-state index < -0.39 is 10.0 Å². The Morgan fingerprint density at radius 2 is 1.68 bits per heavy atom. The number of rotatable bonds is 6. The van der Waals surface area contributed by atoms with E-state index in [4.69, 9.17) is 0 Å². The molecule has 1 aromatic rings. The number of hydrogen-bond donors (Lipinski definition) is 2. The second-order valence-electron chi connectivity index (χ2n) is 10.8. The highest BCUT2D eigenvalue weighted by Crippen LogP contribution is 2.34. The van der Waals surface area contributed by atoms with Crippen LogP contribution in [0.3, 0.4) is 0 Å². The van der Waals surface area contributed by atoms with Gasteiger partial charge in [0.05, 0.1) is 4.90 Å². The summed E-state index contributed by atoms with van der Waals surface area (Å²) in [6.45, 7) is 6.18. The van der Waals surface area contributed by atoms with Gasteiger partial charge in [-0.2, -0.15) is 0 Å². The summed E-state index contributed by atoms with van der Waals surface area (Å²) in [7, 11) is -3.62. The molecule has 8 heteroatoms. The Hall–Kier alpha value is -1.93. The van der Waals surface area contributed by atoms with Crippen molar-refractivity contribution in [1.29, 1.82) is 0 Å². The van der Waals surface area contributed by atoms with E-state index in [1.807, 2.05) is 6.92 Å². The Kier molecular flexibility index (Phi) is 7.67. The number of amides is 2. The highest BCUT2D eigenvalue weighted by molar-refractivity contribution is 7.89. The molecule has 1 aromatic carbocycles. The Labute approximate surface area is 204 Å². The average molecular weight is 490 g/mol. The molecule has 2 fully saturated rings. The maximum absolute atomic E-state index is 12.9. The summed E-state index contributed by atoms with van der Waals surface area (Å²) in [6, 6.07) is 5.39. The van der Waals surface area contributed by atoms with Gasteiger partial charge in [-0.1, -0.05) is 6.92 Å². The van der Waals surface area contributed by atoms with E-state index in [0.717, 1.165) is 55.7 Å². The summed E-state index contributed by atoms with van der Waals surface area (Å²) in [5, 5.41) is 3.26. The molecule has 1 atom stereocenters. The van der Waals surface area contributed by atoms with E-state index in [1.165, 1.54) is 19.8 Å². The van der Waals surface area contributed by atoms with Crippen LogP contribution in [0.4, 0.5) is 5.69 Å². The van der Waals surface area contributed by atoms with Crippen molar-refractivity contribution in [3.8, 4) is 0 Å². The van der Waals surface area contributed by atoms with E-state index in [1.54, 1.807) is 23.1 Å². The Morgan fingerprint density at radius 1 is 1.00 bits per heavy atom. The maximum Gasteiger partial charge on any atom is 0.240 e. The zero-order valence-electron chi connectivity index (χ0n) is 20.7. The van der Waals surface area contributed by atoms with Crippen molar-refractivity contribution in [3.63, 3.8) is 0 Å². The molecular weight excluding hydrogens is 450 g/mol. The standard InChI is InChI=1S/C26H39N3O4S/c1-17-4-10-23(11-5-17)28-26(31)21-8-6-20(7-9-21)16-27-34(32,33)24-12-13-25-22(15-24)14-18(2)29(25)19(3)30/h12-13,15,17-18,20-21,23,27H,4-11,14,16H2,1-3H3,(H,28,31)/t17?,18-,20?,21?,23?/m1/s1. The van der Waals surface area contributed by atoms with Crippen molar-refractivity contribution < 1.29 is 18.0 Å². The molecule has 7 nitrogen and oxygen atoms in total. The molecule has 4 rings (SSSR count). The van der Waals surface area contributed by atoms with E-state index in [-0.39, 0.29) is 34.6 Å². The van der Waals surface area contributed by atoms with Gasteiger partial charge < -0.3 is 10.2 Å². The topological polar surface area (TPSA) is 95.6 Å². The van der Waals surface area contributed by atoms with Gasteiger partial charge in [-0.15, -0.1) is 0 Å². The molecule has 0 bridgehead atoms. The maximum atomic E-state index is 12.9. The van der Waals surface area contributed by atoms with Gasteiger partial charge in [0.2, 0.25) is 21.8 Å². The highest BCUT2D eigenvalue weighted by atomic mass is 32.2. The molecule has 1 heterocycles. The third-order valence-electron chi connectivity index (χ3n) is 8.06. The lowest BCUT2D eigenvalue weighted by Crippen LogP contribution is -2.42. The van der Waals surface area contributed by atoms with Crippen molar-refractivity contribution in [2.24, 2.45) is 17.8 Å². The van der Waals surface area contributed by atoms with Crippen molar-refractivity contribution in [2.45, 2.75) is 95.5 Å². The fourth-order valence-electron chi connectivity index (χ4n) is 5.92. The number of carbonyl (C=O) groups is 2. The summed E-state index contributed by atoms with van der Waals surface area (Å²) < 4.78 is 28.7. The summed E-state index contributed by atoms with van der Waals surface area (Å²) >= 11 is 0. The molecule has 1 aliphatic heterocycles. The molecule has 2 amide bonds. The van der Waals surface area contributed by atoms with Crippen LogP contribution in [-0.2, 0) is 26.0 Å². The minimum atomic E-state index is -3.62. The van der Waals surface area contributed by atoms with Gasteiger partial charge in [0, 0.05) is 37.2 Å².